The number of ketones is 1. The molecule has 2 rings (SSSR count). The van der Waals surface area contributed by atoms with Crippen LogP contribution in [0.1, 0.15) is 10.4 Å². The number of benzene rings is 2. The van der Waals surface area contributed by atoms with Crippen molar-refractivity contribution in [3.63, 3.8) is 0 Å². The van der Waals surface area contributed by atoms with Crippen molar-refractivity contribution >= 4 is 16.6 Å². The number of ether oxygens (including phenoxy) is 1. The number of Topliss-reactive ketones (excluding diaryl/α,β-unsaturated/α-hetero) is 1. The Morgan fingerprint density at radius 3 is 2.65 bits per heavy atom. The van der Waals surface area contributed by atoms with E-state index in [1.54, 1.807) is 0 Å². The Labute approximate surface area is 100 Å². The molecule has 2 N–H and O–H groups in total. The monoisotopic (exact) mass is 229 g/mol. The fraction of sp³-hybridized carbons (Fsp3) is 0.214. The molecule has 2 aromatic rings. The average molecular weight is 229 g/mol. The van der Waals surface area contributed by atoms with Crippen molar-refractivity contribution < 1.29 is 9.53 Å². The van der Waals surface area contributed by atoms with E-state index in [0.29, 0.717) is 18.7 Å². The van der Waals surface area contributed by atoms with Gasteiger partial charge in [0.15, 0.2) is 5.78 Å². The summed E-state index contributed by atoms with van der Waals surface area (Å²) in [7, 11) is 0. The molecule has 3 heteroatoms. The summed E-state index contributed by atoms with van der Waals surface area (Å²) < 4.78 is 5.14. The first kappa shape index (κ1) is 11.8. The third-order valence-electron chi connectivity index (χ3n) is 2.57. The Bertz CT molecular complexity index is 522. The molecule has 3 nitrogen and oxygen atoms in total. The second kappa shape index (κ2) is 5.57. The predicted molar refractivity (Wildman–Crippen MR) is 68.2 cm³/mol. The molecule has 0 heterocycles. The number of hydrogen-bond donors (Lipinski definition) is 1. The Kier molecular flexibility index (Phi) is 3.85. The van der Waals surface area contributed by atoms with Crippen molar-refractivity contribution in [1.29, 1.82) is 0 Å². The molecule has 0 amide bonds. The molecular weight excluding hydrogens is 214 g/mol. The van der Waals surface area contributed by atoms with Crippen molar-refractivity contribution in [2.24, 2.45) is 5.73 Å². The lowest BCUT2D eigenvalue weighted by molar-refractivity contribution is 0.0774. The number of carbonyl (C=O) groups is 1. The molecule has 0 radical (unpaired) electrons. The van der Waals surface area contributed by atoms with Crippen molar-refractivity contribution in [1.82, 2.24) is 0 Å². The largest absolute Gasteiger partial charge is 0.372 e. The molecule has 0 spiro atoms. The summed E-state index contributed by atoms with van der Waals surface area (Å²) >= 11 is 0. The fourth-order valence-electron chi connectivity index (χ4n) is 1.69. The molecule has 0 saturated carbocycles. The zero-order valence-corrected chi connectivity index (χ0v) is 9.56. The third-order valence-corrected chi connectivity index (χ3v) is 2.57. The fourth-order valence-corrected chi connectivity index (χ4v) is 1.69. The molecule has 0 saturated heterocycles. The predicted octanol–water partition coefficient (Wildman–Crippen LogP) is 2.00. The highest BCUT2D eigenvalue weighted by molar-refractivity contribution is 6.00. The van der Waals surface area contributed by atoms with E-state index in [2.05, 4.69) is 0 Å². The molecule has 0 aromatic heterocycles. The Hall–Kier alpha value is -1.71. The van der Waals surface area contributed by atoms with Gasteiger partial charge < -0.3 is 10.5 Å². The van der Waals surface area contributed by atoms with E-state index in [-0.39, 0.29) is 12.4 Å². The van der Waals surface area contributed by atoms with Gasteiger partial charge in [-0.25, -0.2) is 0 Å². The van der Waals surface area contributed by atoms with Crippen LogP contribution in [0.2, 0.25) is 0 Å². The smallest absolute Gasteiger partial charge is 0.188 e. The lowest BCUT2D eigenvalue weighted by Crippen LogP contribution is -2.14. The van der Waals surface area contributed by atoms with Gasteiger partial charge in [0.1, 0.15) is 6.61 Å². The minimum Gasteiger partial charge on any atom is -0.372 e. The highest BCUT2D eigenvalue weighted by Gasteiger charge is 2.06. The van der Waals surface area contributed by atoms with Crippen molar-refractivity contribution in [2.75, 3.05) is 19.8 Å². The first-order chi connectivity index (χ1) is 8.31. The molecule has 2 aromatic carbocycles. The van der Waals surface area contributed by atoms with Crippen LogP contribution in [0, 0.1) is 0 Å². The van der Waals surface area contributed by atoms with Gasteiger partial charge in [0, 0.05) is 12.1 Å². The quantitative estimate of drug-likeness (QED) is 0.630. The second-order valence-corrected chi connectivity index (χ2v) is 3.83. The van der Waals surface area contributed by atoms with E-state index in [1.165, 1.54) is 0 Å². The third kappa shape index (κ3) is 2.90. The SMILES string of the molecule is NCCOCC(=O)c1ccc2ccccc2c1. The zero-order chi connectivity index (χ0) is 12.1. The zero-order valence-electron chi connectivity index (χ0n) is 9.56. The molecule has 0 aliphatic rings. The van der Waals surface area contributed by atoms with Gasteiger partial charge in [0.25, 0.3) is 0 Å². The molecule has 88 valence electrons. The summed E-state index contributed by atoms with van der Waals surface area (Å²) in [5, 5.41) is 2.20. The molecule has 17 heavy (non-hydrogen) atoms. The summed E-state index contributed by atoms with van der Waals surface area (Å²) in [5.74, 6) is -0.01000. The summed E-state index contributed by atoms with van der Waals surface area (Å²) in [5.41, 5.74) is 5.97. The van der Waals surface area contributed by atoms with Crippen LogP contribution in [0.25, 0.3) is 10.8 Å². The Balaban J connectivity index is 2.15. The van der Waals surface area contributed by atoms with Crippen LogP contribution in [-0.2, 0) is 4.74 Å². The molecule has 0 bridgehead atoms. The summed E-state index contributed by atoms with van der Waals surface area (Å²) in [6.45, 7) is 0.944. The number of carbonyl (C=O) groups excluding carboxylic acids is 1. The van der Waals surface area contributed by atoms with Crippen LogP contribution in [0.5, 0.6) is 0 Å². The molecular formula is C14H15NO2. The van der Waals surface area contributed by atoms with Crippen LogP contribution in [0.3, 0.4) is 0 Å². The summed E-state index contributed by atoms with van der Waals surface area (Å²) in [4.78, 5) is 11.8. The average Bonchev–Trinajstić information content (AvgIpc) is 2.38. The highest BCUT2D eigenvalue weighted by atomic mass is 16.5. The van der Waals surface area contributed by atoms with Gasteiger partial charge in [0.05, 0.1) is 6.61 Å². The van der Waals surface area contributed by atoms with Gasteiger partial charge in [-0.05, 0) is 16.8 Å². The number of fused-ring (bicyclic) bond motifs is 1. The van der Waals surface area contributed by atoms with Crippen LogP contribution in [-0.4, -0.2) is 25.5 Å². The molecule has 0 aliphatic carbocycles. The van der Waals surface area contributed by atoms with Gasteiger partial charge in [-0.15, -0.1) is 0 Å². The van der Waals surface area contributed by atoms with Crippen molar-refractivity contribution in [3.05, 3.63) is 48.0 Å². The topological polar surface area (TPSA) is 52.3 Å². The van der Waals surface area contributed by atoms with E-state index in [4.69, 9.17) is 10.5 Å². The van der Waals surface area contributed by atoms with Gasteiger partial charge in [-0.2, -0.15) is 0 Å². The van der Waals surface area contributed by atoms with Crippen LogP contribution in [0.15, 0.2) is 42.5 Å². The minimum absolute atomic E-state index is 0.01000. The van der Waals surface area contributed by atoms with E-state index in [0.717, 1.165) is 10.8 Å². The molecule has 0 unspecified atom stereocenters. The van der Waals surface area contributed by atoms with Crippen LogP contribution >= 0.6 is 0 Å². The lowest BCUT2D eigenvalue weighted by atomic mass is 10.0. The number of nitrogens with two attached hydrogens (primary N) is 1. The maximum atomic E-state index is 11.8. The van der Waals surface area contributed by atoms with Gasteiger partial charge in [0.2, 0.25) is 0 Å². The summed E-state index contributed by atoms with van der Waals surface area (Å²) in [6.07, 6.45) is 0. The van der Waals surface area contributed by atoms with Crippen LogP contribution in [0.4, 0.5) is 0 Å². The highest BCUT2D eigenvalue weighted by Crippen LogP contribution is 2.15. The van der Waals surface area contributed by atoms with Crippen molar-refractivity contribution in [2.45, 2.75) is 0 Å². The first-order valence-electron chi connectivity index (χ1n) is 5.61. The minimum atomic E-state index is -0.01000. The summed E-state index contributed by atoms with van der Waals surface area (Å²) in [6, 6.07) is 13.6. The van der Waals surface area contributed by atoms with E-state index in [9.17, 15) is 4.79 Å². The van der Waals surface area contributed by atoms with Gasteiger partial charge in [-0.1, -0.05) is 36.4 Å². The Morgan fingerprint density at radius 1 is 1.12 bits per heavy atom. The van der Waals surface area contributed by atoms with E-state index >= 15 is 0 Å². The maximum Gasteiger partial charge on any atom is 0.188 e. The lowest BCUT2D eigenvalue weighted by Gasteiger charge is -2.04. The van der Waals surface area contributed by atoms with E-state index in [1.807, 2.05) is 42.5 Å². The molecule has 0 fully saturated rings. The number of hydrogen-bond acceptors (Lipinski definition) is 3. The second-order valence-electron chi connectivity index (χ2n) is 3.83. The molecule has 0 aliphatic heterocycles. The maximum absolute atomic E-state index is 11.8. The van der Waals surface area contributed by atoms with Crippen LogP contribution < -0.4 is 5.73 Å². The first-order valence-corrected chi connectivity index (χ1v) is 5.61. The molecule has 0 atom stereocenters. The number of rotatable bonds is 5. The normalized spacial score (nSPS) is 10.6. The van der Waals surface area contributed by atoms with Gasteiger partial charge >= 0.3 is 0 Å². The van der Waals surface area contributed by atoms with E-state index < -0.39 is 0 Å². The Morgan fingerprint density at radius 2 is 1.88 bits per heavy atom. The standard InChI is InChI=1S/C14H15NO2/c15-7-8-17-10-14(16)13-6-5-11-3-1-2-4-12(11)9-13/h1-6,9H,7-8,10,15H2. The van der Waals surface area contributed by atoms with Crippen molar-refractivity contribution in [3.8, 4) is 0 Å². The van der Waals surface area contributed by atoms with Gasteiger partial charge in [-0.3, -0.25) is 4.79 Å².